The van der Waals surface area contributed by atoms with Crippen molar-refractivity contribution in [1.29, 1.82) is 0 Å². The zero-order chi connectivity index (χ0) is 18.7. The highest BCUT2D eigenvalue weighted by atomic mass is 32.2. The topological polar surface area (TPSA) is 50.8 Å². The van der Waals surface area contributed by atoms with Crippen LogP contribution in [0.4, 0.5) is 19.3 Å². The van der Waals surface area contributed by atoms with Gasteiger partial charge in [-0.05, 0) is 30.3 Å². The first-order valence-electron chi connectivity index (χ1n) is 7.89. The van der Waals surface area contributed by atoms with Gasteiger partial charge in [-0.25, -0.2) is 13.6 Å². The van der Waals surface area contributed by atoms with Crippen LogP contribution >= 0.6 is 11.8 Å². The van der Waals surface area contributed by atoms with Gasteiger partial charge in [-0.1, -0.05) is 0 Å². The first-order valence-corrected chi connectivity index (χ1v) is 8.94. The molecule has 138 valence electrons. The number of amides is 2. The summed E-state index contributed by atoms with van der Waals surface area (Å²) in [7, 11) is 3.14. The summed E-state index contributed by atoms with van der Waals surface area (Å²) in [5.41, 5.74) is 1.01. The summed E-state index contributed by atoms with van der Waals surface area (Å²) in [4.78, 5) is 14.3. The molecule has 8 heteroatoms. The van der Waals surface area contributed by atoms with Crippen molar-refractivity contribution >= 4 is 23.5 Å². The Bertz CT molecular complexity index is 819. The second-order valence-electron chi connectivity index (χ2n) is 5.58. The molecule has 1 aliphatic rings. The van der Waals surface area contributed by atoms with E-state index in [0.717, 1.165) is 23.4 Å². The van der Waals surface area contributed by atoms with Crippen molar-refractivity contribution in [3.05, 3.63) is 53.6 Å². The van der Waals surface area contributed by atoms with Gasteiger partial charge in [0.25, 0.3) is 0 Å². The van der Waals surface area contributed by atoms with E-state index < -0.39 is 17.7 Å². The lowest BCUT2D eigenvalue weighted by atomic mass is 10.1. The van der Waals surface area contributed by atoms with Crippen LogP contribution in [0.25, 0.3) is 0 Å². The Hall–Kier alpha value is -2.48. The fraction of sp³-hybridized carbons (Fsp3) is 0.278. The minimum Gasteiger partial charge on any atom is -0.497 e. The fourth-order valence-corrected chi connectivity index (χ4v) is 4.01. The second kappa shape index (κ2) is 7.82. The van der Waals surface area contributed by atoms with Gasteiger partial charge >= 0.3 is 6.03 Å². The number of nitrogens with zero attached hydrogens (tertiary/aromatic N) is 1. The lowest BCUT2D eigenvalue weighted by Gasteiger charge is -2.26. The maximum absolute atomic E-state index is 13.4. The first-order chi connectivity index (χ1) is 12.5. The van der Waals surface area contributed by atoms with Gasteiger partial charge in [0.05, 0.1) is 14.2 Å². The zero-order valence-electron chi connectivity index (χ0n) is 14.3. The SMILES string of the molecule is COc1ccc(OC)c([C@@H]2SCCN2C(=O)Nc2ccc(F)c(F)c2)c1. The lowest BCUT2D eigenvalue weighted by molar-refractivity contribution is 0.213. The molecule has 2 amide bonds. The molecule has 1 aliphatic heterocycles. The van der Waals surface area contributed by atoms with Crippen LogP contribution in [0.5, 0.6) is 11.5 Å². The van der Waals surface area contributed by atoms with E-state index in [1.807, 2.05) is 6.07 Å². The average Bonchev–Trinajstić information content (AvgIpc) is 3.14. The van der Waals surface area contributed by atoms with Crippen LogP contribution in [-0.4, -0.2) is 37.4 Å². The molecule has 0 spiro atoms. The molecule has 1 fully saturated rings. The number of methoxy groups -OCH3 is 2. The van der Waals surface area contributed by atoms with E-state index in [0.29, 0.717) is 18.0 Å². The van der Waals surface area contributed by atoms with Crippen LogP contribution in [0, 0.1) is 11.6 Å². The predicted molar refractivity (Wildman–Crippen MR) is 96.8 cm³/mol. The average molecular weight is 380 g/mol. The van der Waals surface area contributed by atoms with E-state index in [1.165, 1.54) is 6.07 Å². The largest absolute Gasteiger partial charge is 0.497 e. The number of halogens is 2. The lowest BCUT2D eigenvalue weighted by Crippen LogP contribution is -2.34. The molecule has 0 radical (unpaired) electrons. The molecule has 1 atom stereocenters. The number of rotatable bonds is 4. The third kappa shape index (κ3) is 3.70. The quantitative estimate of drug-likeness (QED) is 0.861. The molecule has 5 nitrogen and oxygen atoms in total. The van der Waals surface area contributed by atoms with Crippen LogP contribution in [0.2, 0.25) is 0 Å². The van der Waals surface area contributed by atoms with Crippen LogP contribution in [-0.2, 0) is 0 Å². The van der Waals surface area contributed by atoms with Gasteiger partial charge in [-0.15, -0.1) is 11.8 Å². The number of urea groups is 1. The molecule has 3 rings (SSSR count). The molecule has 1 N–H and O–H groups in total. The van der Waals surface area contributed by atoms with Gasteiger partial charge in [-0.2, -0.15) is 0 Å². The van der Waals surface area contributed by atoms with E-state index in [-0.39, 0.29) is 11.1 Å². The predicted octanol–water partition coefficient (Wildman–Crippen LogP) is 4.26. The summed E-state index contributed by atoms with van der Waals surface area (Å²) in [5, 5.41) is 2.34. The highest BCUT2D eigenvalue weighted by Crippen LogP contribution is 2.43. The third-order valence-electron chi connectivity index (χ3n) is 4.03. The van der Waals surface area contributed by atoms with Gasteiger partial charge in [0.15, 0.2) is 11.6 Å². The number of anilines is 1. The summed E-state index contributed by atoms with van der Waals surface area (Å²) < 4.78 is 37.1. The Balaban J connectivity index is 1.83. The normalized spacial score (nSPS) is 16.5. The molecule has 0 bridgehead atoms. The molecule has 0 unspecified atom stereocenters. The highest BCUT2D eigenvalue weighted by Gasteiger charge is 2.33. The molecule has 2 aromatic rings. The van der Waals surface area contributed by atoms with Gasteiger partial charge in [0.1, 0.15) is 16.9 Å². The molecule has 0 aliphatic carbocycles. The summed E-state index contributed by atoms with van der Waals surface area (Å²) in [5.74, 6) is 0.0874. The van der Waals surface area contributed by atoms with Crippen LogP contribution in [0.1, 0.15) is 10.9 Å². The number of carbonyl (C=O) groups excluding carboxylic acids is 1. The summed E-state index contributed by atoms with van der Waals surface area (Å²) in [6.45, 7) is 0.519. The summed E-state index contributed by atoms with van der Waals surface area (Å²) >= 11 is 1.59. The van der Waals surface area contributed by atoms with Crippen molar-refractivity contribution in [1.82, 2.24) is 4.90 Å². The van der Waals surface area contributed by atoms with Crippen LogP contribution < -0.4 is 14.8 Å². The Morgan fingerprint density at radius 2 is 1.96 bits per heavy atom. The van der Waals surface area contributed by atoms with Gasteiger partial charge in [0, 0.05) is 29.6 Å². The Morgan fingerprint density at radius 3 is 2.65 bits per heavy atom. The standard InChI is InChI=1S/C18H18F2N2O3S/c1-24-12-4-6-16(25-2)13(10-12)17-22(7-8-26-17)18(23)21-11-3-5-14(19)15(20)9-11/h3-6,9-10,17H,7-8H2,1-2H3,(H,21,23)/t17-/m0/s1. The van der Waals surface area contributed by atoms with Crippen molar-refractivity contribution in [2.45, 2.75) is 5.37 Å². The number of ether oxygens (including phenoxy) is 2. The molecular weight excluding hydrogens is 362 g/mol. The van der Waals surface area contributed by atoms with Crippen molar-refractivity contribution in [3.8, 4) is 11.5 Å². The van der Waals surface area contributed by atoms with Crippen molar-refractivity contribution < 1.29 is 23.0 Å². The summed E-state index contributed by atoms with van der Waals surface area (Å²) in [6, 6.07) is 8.27. The molecule has 2 aromatic carbocycles. The van der Waals surface area contributed by atoms with Crippen molar-refractivity contribution in [2.24, 2.45) is 0 Å². The maximum Gasteiger partial charge on any atom is 0.323 e. The second-order valence-corrected chi connectivity index (χ2v) is 6.77. The van der Waals surface area contributed by atoms with Crippen LogP contribution in [0.3, 0.4) is 0 Å². The third-order valence-corrected chi connectivity index (χ3v) is 5.27. The first kappa shape index (κ1) is 18.3. The van der Waals surface area contributed by atoms with Gasteiger partial charge in [-0.3, -0.25) is 0 Å². The Labute approximate surface area is 154 Å². The minimum absolute atomic E-state index is 0.196. The van der Waals surface area contributed by atoms with Gasteiger partial charge in [0.2, 0.25) is 0 Å². The minimum atomic E-state index is -1.01. The zero-order valence-corrected chi connectivity index (χ0v) is 15.1. The van der Waals surface area contributed by atoms with E-state index in [4.69, 9.17) is 9.47 Å². The van der Waals surface area contributed by atoms with Gasteiger partial charge < -0.3 is 19.7 Å². The molecule has 0 aromatic heterocycles. The molecule has 1 saturated heterocycles. The summed E-state index contributed by atoms with van der Waals surface area (Å²) in [6.07, 6.45) is 0. The Morgan fingerprint density at radius 1 is 1.15 bits per heavy atom. The highest BCUT2D eigenvalue weighted by molar-refractivity contribution is 7.99. The van der Waals surface area contributed by atoms with E-state index >= 15 is 0 Å². The number of thioether (sulfide) groups is 1. The Kier molecular flexibility index (Phi) is 5.51. The number of hydrogen-bond donors (Lipinski definition) is 1. The molecule has 0 saturated carbocycles. The number of hydrogen-bond acceptors (Lipinski definition) is 4. The van der Waals surface area contributed by atoms with E-state index in [1.54, 1.807) is 43.0 Å². The number of benzene rings is 2. The molecular formula is C18H18F2N2O3S. The smallest absolute Gasteiger partial charge is 0.323 e. The number of carbonyl (C=O) groups is 1. The van der Waals surface area contributed by atoms with Crippen molar-refractivity contribution in [3.63, 3.8) is 0 Å². The van der Waals surface area contributed by atoms with Crippen LogP contribution in [0.15, 0.2) is 36.4 Å². The van der Waals surface area contributed by atoms with Crippen molar-refractivity contribution in [2.75, 3.05) is 31.8 Å². The van der Waals surface area contributed by atoms with E-state index in [9.17, 15) is 13.6 Å². The number of nitrogens with one attached hydrogen (secondary N) is 1. The maximum atomic E-state index is 13.4. The van der Waals surface area contributed by atoms with E-state index in [2.05, 4.69) is 5.32 Å². The fourth-order valence-electron chi connectivity index (χ4n) is 2.74. The molecule has 1 heterocycles. The monoisotopic (exact) mass is 380 g/mol. The molecule has 26 heavy (non-hydrogen) atoms.